The largest absolute Gasteiger partial charge is 0.366 e. The van der Waals surface area contributed by atoms with E-state index in [0.29, 0.717) is 42.5 Å². The molecule has 0 spiro atoms. The van der Waals surface area contributed by atoms with Crippen molar-refractivity contribution < 1.29 is 14.0 Å². The number of carbonyl (C=O) groups excluding carboxylic acids is 2. The molecule has 1 unspecified atom stereocenters. The maximum atomic E-state index is 14.6. The first kappa shape index (κ1) is 26.0. The van der Waals surface area contributed by atoms with Gasteiger partial charge in [0.15, 0.2) is 5.78 Å². The van der Waals surface area contributed by atoms with E-state index in [0.717, 1.165) is 16.7 Å². The SMILES string of the molecule is N#CC1=C(N2CCN(C(=O)c3cccs3)CC2)c2cscc2C(Cc2ccc(F)cc2)(C2=CC=CC=CN2)C1=O. The van der Waals surface area contributed by atoms with E-state index in [9.17, 15) is 19.2 Å². The van der Waals surface area contributed by atoms with Gasteiger partial charge in [0, 0.05) is 49.0 Å². The van der Waals surface area contributed by atoms with Crippen molar-refractivity contribution >= 4 is 40.1 Å². The third-order valence-corrected chi connectivity index (χ3v) is 9.22. The second-order valence-corrected chi connectivity index (χ2v) is 11.5. The molecule has 3 aliphatic rings. The van der Waals surface area contributed by atoms with Crippen molar-refractivity contribution in [1.82, 2.24) is 15.1 Å². The minimum Gasteiger partial charge on any atom is -0.366 e. The number of carbonyl (C=O) groups is 2. The van der Waals surface area contributed by atoms with E-state index in [1.54, 1.807) is 18.3 Å². The molecule has 1 aromatic carbocycles. The van der Waals surface area contributed by atoms with Crippen molar-refractivity contribution in [2.24, 2.45) is 0 Å². The molecule has 1 saturated heterocycles. The van der Waals surface area contributed by atoms with E-state index < -0.39 is 5.41 Å². The van der Waals surface area contributed by atoms with Gasteiger partial charge in [-0.1, -0.05) is 30.4 Å². The Bertz CT molecular complexity index is 1620. The molecule has 0 saturated carbocycles. The normalized spacial score (nSPS) is 20.5. The molecule has 0 bridgehead atoms. The Kier molecular flexibility index (Phi) is 6.96. The third-order valence-electron chi connectivity index (χ3n) is 7.62. The molecule has 9 heteroatoms. The maximum absolute atomic E-state index is 14.6. The van der Waals surface area contributed by atoms with E-state index in [1.165, 1.54) is 34.8 Å². The summed E-state index contributed by atoms with van der Waals surface area (Å²) in [5.41, 5.74) is 2.64. The molecule has 0 radical (unpaired) electrons. The van der Waals surface area contributed by atoms with Crippen LogP contribution in [-0.4, -0.2) is 47.7 Å². The minimum absolute atomic E-state index is 0.00544. The molecule has 1 N–H and O–H groups in total. The number of fused-ring (bicyclic) bond motifs is 1. The number of halogens is 1. The summed E-state index contributed by atoms with van der Waals surface area (Å²) in [4.78, 5) is 32.1. The average molecular weight is 569 g/mol. The van der Waals surface area contributed by atoms with Gasteiger partial charge in [0.1, 0.15) is 22.9 Å². The van der Waals surface area contributed by atoms with Crippen molar-refractivity contribution in [1.29, 1.82) is 5.26 Å². The van der Waals surface area contributed by atoms with Crippen molar-refractivity contribution in [3.05, 3.63) is 122 Å². The Hall–Kier alpha value is -4.26. The lowest BCUT2D eigenvalue weighted by molar-refractivity contribution is -0.119. The minimum atomic E-state index is -1.20. The number of hydrogen-bond donors (Lipinski definition) is 1. The van der Waals surface area contributed by atoms with Crippen LogP contribution in [0.4, 0.5) is 4.39 Å². The molecule has 2 aliphatic heterocycles. The van der Waals surface area contributed by atoms with Gasteiger partial charge in [-0.3, -0.25) is 9.59 Å². The summed E-state index contributed by atoms with van der Waals surface area (Å²) in [5, 5.41) is 19.6. The smallest absolute Gasteiger partial charge is 0.264 e. The fraction of sp³-hybridized carbons (Fsp3) is 0.194. The van der Waals surface area contributed by atoms with Gasteiger partial charge >= 0.3 is 0 Å². The van der Waals surface area contributed by atoms with Crippen LogP contribution >= 0.6 is 22.7 Å². The monoisotopic (exact) mass is 568 g/mol. The van der Waals surface area contributed by atoms with Gasteiger partial charge in [-0.2, -0.15) is 16.6 Å². The number of ketones is 1. The van der Waals surface area contributed by atoms with E-state index >= 15 is 0 Å². The van der Waals surface area contributed by atoms with E-state index in [1.807, 2.05) is 57.5 Å². The Morgan fingerprint density at radius 1 is 1.07 bits per heavy atom. The van der Waals surface area contributed by atoms with Gasteiger partial charge in [-0.15, -0.1) is 11.3 Å². The Morgan fingerprint density at radius 3 is 2.60 bits per heavy atom. The number of Topliss-reactive ketones (excluding diaryl/α,β-unsaturated/α-hetero) is 1. The van der Waals surface area contributed by atoms with Crippen molar-refractivity contribution in [2.75, 3.05) is 26.2 Å². The highest BCUT2D eigenvalue weighted by molar-refractivity contribution is 7.12. The molecular formula is C31H25FN4O2S2. The number of allylic oxidation sites excluding steroid dienone is 6. The average Bonchev–Trinajstić information content (AvgIpc) is 3.63. The number of piperazine rings is 1. The first-order valence-corrected chi connectivity index (χ1v) is 14.7. The number of hydrogen-bond acceptors (Lipinski definition) is 7. The molecule has 2 aromatic heterocycles. The molecule has 6 rings (SSSR count). The fourth-order valence-electron chi connectivity index (χ4n) is 5.68. The first-order chi connectivity index (χ1) is 19.5. The lowest BCUT2D eigenvalue weighted by atomic mass is 9.64. The number of nitrogens with zero attached hydrogens (tertiary/aromatic N) is 3. The highest BCUT2D eigenvalue weighted by Gasteiger charge is 2.52. The molecule has 4 heterocycles. The van der Waals surface area contributed by atoms with E-state index in [2.05, 4.69) is 16.3 Å². The van der Waals surface area contributed by atoms with E-state index in [4.69, 9.17) is 0 Å². The molecule has 200 valence electrons. The van der Waals surface area contributed by atoms with Crippen molar-refractivity contribution in [3.8, 4) is 6.07 Å². The summed E-state index contributed by atoms with van der Waals surface area (Å²) in [6.45, 7) is 2.01. The van der Waals surface area contributed by atoms with Crippen LogP contribution in [0.5, 0.6) is 0 Å². The highest BCUT2D eigenvalue weighted by Crippen LogP contribution is 2.49. The fourth-order valence-corrected chi connectivity index (χ4v) is 7.28. The van der Waals surface area contributed by atoms with Crippen LogP contribution in [0.1, 0.15) is 26.4 Å². The lowest BCUT2D eigenvalue weighted by Gasteiger charge is -2.43. The zero-order valence-corrected chi connectivity index (χ0v) is 23.1. The van der Waals surface area contributed by atoms with Crippen molar-refractivity contribution in [3.63, 3.8) is 0 Å². The van der Waals surface area contributed by atoms with Crippen LogP contribution < -0.4 is 5.32 Å². The van der Waals surface area contributed by atoms with Gasteiger partial charge in [0.05, 0.1) is 10.6 Å². The molecule has 40 heavy (non-hydrogen) atoms. The highest BCUT2D eigenvalue weighted by atomic mass is 32.1. The molecule has 1 amide bonds. The zero-order chi connectivity index (χ0) is 27.7. The summed E-state index contributed by atoms with van der Waals surface area (Å²) >= 11 is 2.91. The van der Waals surface area contributed by atoms with Gasteiger partial charge < -0.3 is 15.1 Å². The topological polar surface area (TPSA) is 76.4 Å². The second kappa shape index (κ2) is 10.7. The summed E-state index contributed by atoms with van der Waals surface area (Å²) < 4.78 is 13.8. The number of rotatable bonds is 5. The van der Waals surface area contributed by atoms with Crippen LogP contribution in [0, 0.1) is 17.1 Å². The summed E-state index contributed by atoms with van der Waals surface area (Å²) in [5.74, 6) is -0.635. The quantitative estimate of drug-likeness (QED) is 0.455. The Balaban J connectivity index is 1.41. The van der Waals surface area contributed by atoms with Crippen LogP contribution in [0.2, 0.25) is 0 Å². The Morgan fingerprint density at radius 2 is 1.88 bits per heavy atom. The van der Waals surface area contributed by atoms with Gasteiger partial charge in [-0.25, -0.2) is 4.39 Å². The van der Waals surface area contributed by atoms with Gasteiger partial charge in [-0.05, 0) is 58.7 Å². The van der Waals surface area contributed by atoms with Crippen LogP contribution in [0.15, 0.2) is 94.3 Å². The van der Waals surface area contributed by atoms with Crippen LogP contribution in [0.3, 0.4) is 0 Å². The molecular weight excluding hydrogens is 543 g/mol. The summed E-state index contributed by atoms with van der Waals surface area (Å²) in [6.07, 6.45) is 9.50. The molecule has 6 nitrogen and oxygen atoms in total. The number of benzene rings is 1. The molecule has 3 aromatic rings. The molecule has 1 aliphatic carbocycles. The van der Waals surface area contributed by atoms with Gasteiger partial charge in [0.2, 0.25) is 0 Å². The van der Waals surface area contributed by atoms with E-state index in [-0.39, 0.29) is 29.5 Å². The predicted octanol–water partition coefficient (Wildman–Crippen LogP) is 5.26. The number of nitriles is 1. The maximum Gasteiger partial charge on any atom is 0.264 e. The van der Waals surface area contributed by atoms with Crippen LogP contribution in [-0.2, 0) is 16.6 Å². The third kappa shape index (κ3) is 4.39. The number of nitrogens with one attached hydrogen (secondary N) is 1. The predicted molar refractivity (Wildman–Crippen MR) is 155 cm³/mol. The Labute approximate surface area is 239 Å². The standard InChI is InChI=1S/C31H25FN4O2S2/c32-22-9-7-21(8-10-22)17-31(27-6-2-1-3-11-34-27)25-20-39-19-24(25)28(23(18-33)29(31)37)35-12-14-36(15-13-35)30(38)26-5-4-16-40-26/h1-11,16,19-20,34H,12-15,17H2. The molecule has 1 fully saturated rings. The van der Waals surface area contributed by atoms with Crippen LogP contribution in [0.25, 0.3) is 5.70 Å². The lowest BCUT2D eigenvalue weighted by Crippen LogP contribution is -2.51. The number of thiophene rings is 2. The molecule has 1 atom stereocenters. The zero-order valence-electron chi connectivity index (χ0n) is 21.5. The summed E-state index contributed by atoms with van der Waals surface area (Å²) in [6, 6.07) is 12.1. The van der Waals surface area contributed by atoms with Gasteiger partial charge in [0.25, 0.3) is 5.91 Å². The first-order valence-electron chi connectivity index (χ1n) is 12.9. The second-order valence-electron chi connectivity index (χ2n) is 9.80. The van der Waals surface area contributed by atoms with Crippen molar-refractivity contribution in [2.45, 2.75) is 11.8 Å². The number of amides is 1. The summed E-state index contributed by atoms with van der Waals surface area (Å²) in [7, 11) is 0.